The molecule has 4 aromatic rings. The van der Waals surface area contributed by atoms with Crippen LogP contribution in [0.5, 0.6) is 0 Å². The second-order valence-corrected chi connectivity index (χ2v) is 5.83. The summed E-state index contributed by atoms with van der Waals surface area (Å²) in [5, 5.41) is 15.0. The van der Waals surface area contributed by atoms with E-state index in [-0.39, 0.29) is 24.1 Å². The number of aromatic nitrogens is 4. The lowest BCUT2D eigenvalue weighted by molar-refractivity contribution is 0.960. The van der Waals surface area contributed by atoms with Gasteiger partial charge in [-0.15, -0.1) is 12.4 Å². The van der Waals surface area contributed by atoms with Crippen molar-refractivity contribution < 1.29 is 0 Å². The van der Waals surface area contributed by atoms with Gasteiger partial charge in [0.05, 0.1) is 28.5 Å². The highest BCUT2D eigenvalue weighted by Crippen LogP contribution is 2.18. The quantitative estimate of drug-likeness (QED) is 0.240. The van der Waals surface area contributed by atoms with Crippen molar-refractivity contribution in [3.05, 3.63) is 59.2 Å². The van der Waals surface area contributed by atoms with E-state index in [2.05, 4.69) is 19.9 Å². The third kappa shape index (κ3) is 3.09. The van der Waals surface area contributed by atoms with Crippen molar-refractivity contribution in [2.75, 3.05) is 0 Å². The van der Waals surface area contributed by atoms with Crippen LogP contribution in [0.2, 0.25) is 0 Å². The molecule has 0 saturated heterocycles. The number of hydrogen-bond acceptors (Lipinski definition) is 4. The monoisotopic (exact) mass is 368 g/mol. The molecule has 2 heterocycles. The summed E-state index contributed by atoms with van der Waals surface area (Å²) in [6, 6.07) is 10.9. The Bertz CT molecular complexity index is 1050. The molecule has 0 fully saturated rings. The normalized spacial score (nSPS) is 10.8. The fraction of sp³-hybridized carbons (Fsp3) is 0.0588. The summed E-state index contributed by atoms with van der Waals surface area (Å²) >= 11 is 0. The summed E-state index contributed by atoms with van der Waals surface area (Å²) in [6.07, 6.45) is 0.508. The minimum Gasteiger partial charge on any atom is -0.384 e. The number of nitrogens with two attached hydrogens (primary N) is 2. The first kappa shape index (κ1) is 17.4. The summed E-state index contributed by atoms with van der Waals surface area (Å²) in [5.41, 5.74) is 15.6. The molecule has 8 nitrogen and oxygen atoms in total. The number of nitrogen functional groups attached to an aromatic ring is 2. The Morgan fingerprint density at radius 1 is 0.808 bits per heavy atom. The zero-order chi connectivity index (χ0) is 17.6. The number of rotatable bonds is 4. The Morgan fingerprint density at radius 2 is 1.23 bits per heavy atom. The fourth-order valence-corrected chi connectivity index (χ4v) is 2.79. The van der Waals surface area contributed by atoms with Gasteiger partial charge in [0.25, 0.3) is 0 Å². The zero-order valence-corrected chi connectivity index (χ0v) is 14.4. The van der Waals surface area contributed by atoms with Gasteiger partial charge in [-0.05, 0) is 36.4 Å². The summed E-state index contributed by atoms with van der Waals surface area (Å²) in [7, 11) is 0. The van der Waals surface area contributed by atoms with Gasteiger partial charge in [0, 0.05) is 11.1 Å². The van der Waals surface area contributed by atoms with Crippen LogP contribution in [0.3, 0.4) is 0 Å². The van der Waals surface area contributed by atoms with E-state index >= 15 is 0 Å². The van der Waals surface area contributed by atoms with E-state index in [0.29, 0.717) is 17.5 Å². The Balaban J connectivity index is 0.00000196. The largest absolute Gasteiger partial charge is 0.384 e. The molecule has 4 rings (SSSR count). The maximum absolute atomic E-state index is 7.51. The molecule has 2 aromatic carbocycles. The van der Waals surface area contributed by atoms with Crippen LogP contribution in [0.4, 0.5) is 0 Å². The number of nitrogens with zero attached hydrogens (tertiary/aromatic N) is 2. The highest BCUT2D eigenvalue weighted by atomic mass is 35.5. The number of amidine groups is 2. The molecule has 9 heteroatoms. The molecule has 132 valence electrons. The fourth-order valence-electron chi connectivity index (χ4n) is 2.79. The predicted octanol–water partition coefficient (Wildman–Crippen LogP) is 2.02. The molecule has 0 bridgehead atoms. The van der Waals surface area contributed by atoms with Gasteiger partial charge in [-0.25, -0.2) is 9.97 Å². The van der Waals surface area contributed by atoms with Crippen molar-refractivity contribution in [2.24, 2.45) is 11.5 Å². The van der Waals surface area contributed by atoms with E-state index in [1.165, 1.54) is 0 Å². The molecule has 8 N–H and O–H groups in total. The van der Waals surface area contributed by atoms with Crippen LogP contribution in [-0.4, -0.2) is 31.6 Å². The molecule has 0 spiro atoms. The van der Waals surface area contributed by atoms with E-state index in [1.807, 2.05) is 24.3 Å². The van der Waals surface area contributed by atoms with Crippen molar-refractivity contribution in [3.8, 4) is 0 Å². The maximum atomic E-state index is 7.51. The summed E-state index contributed by atoms with van der Waals surface area (Å²) in [6.45, 7) is 0. The van der Waals surface area contributed by atoms with Crippen molar-refractivity contribution in [2.45, 2.75) is 6.42 Å². The van der Waals surface area contributed by atoms with Crippen LogP contribution < -0.4 is 11.5 Å². The number of halogens is 1. The number of nitrogens with one attached hydrogen (secondary N) is 4. The van der Waals surface area contributed by atoms with Gasteiger partial charge in [-0.1, -0.05) is 0 Å². The highest BCUT2D eigenvalue weighted by molar-refractivity contribution is 5.98. The third-order valence-corrected chi connectivity index (χ3v) is 4.02. The molecule has 0 unspecified atom stereocenters. The minimum atomic E-state index is 0. The lowest BCUT2D eigenvalue weighted by Gasteiger charge is -1.96. The lowest BCUT2D eigenvalue weighted by atomic mass is 10.2. The van der Waals surface area contributed by atoms with Crippen LogP contribution >= 0.6 is 12.4 Å². The van der Waals surface area contributed by atoms with Gasteiger partial charge in [0.1, 0.15) is 23.3 Å². The van der Waals surface area contributed by atoms with Crippen LogP contribution in [0.15, 0.2) is 36.4 Å². The van der Waals surface area contributed by atoms with Crippen molar-refractivity contribution in [1.29, 1.82) is 10.8 Å². The Hall–Kier alpha value is -3.39. The van der Waals surface area contributed by atoms with E-state index < -0.39 is 0 Å². The molecule has 0 atom stereocenters. The van der Waals surface area contributed by atoms with Crippen LogP contribution in [-0.2, 0) is 6.42 Å². The molecule has 0 amide bonds. The number of imidazole rings is 2. The first-order valence-electron chi connectivity index (χ1n) is 7.65. The summed E-state index contributed by atoms with van der Waals surface area (Å²) in [5.74, 6) is 1.58. The zero-order valence-electron chi connectivity index (χ0n) is 13.6. The first-order valence-corrected chi connectivity index (χ1v) is 7.65. The van der Waals surface area contributed by atoms with Crippen molar-refractivity contribution in [3.63, 3.8) is 0 Å². The standard InChI is InChI=1S/C17H16N8.ClH/c18-16(19)8-1-3-10-12(5-8)24-14(22-10)7-15-23-11-4-2-9(17(20)21)6-13(11)25-15;/h1-6H,7H2,(H3,18,19)(H3,20,21)(H,22,24)(H,23,25);1H. The van der Waals surface area contributed by atoms with Gasteiger partial charge >= 0.3 is 0 Å². The second kappa shape index (κ2) is 6.49. The minimum absolute atomic E-state index is 0. The molecule has 26 heavy (non-hydrogen) atoms. The van der Waals surface area contributed by atoms with Gasteiger partial charge in [0.2, 0.25) is 0 Å². The Labute approximate surface area is 154 Å². The number of fused-ring (bicyclic) bond motifs is 2. The molecule has 2 aromatic heterocycles. The van der Waals surface area contributed by atoms with Crippen molar-refractivity contribution >= 4 is 46.1 Å². The lowest BCUT2D eigenvalue weighted by Crippen LogP contribution is -2.10. The summed E-state index contributed by atoms with van der Waals surface area (Å²) in [4.78, 5) is 15.6. The number of benzene rings is 2. The van der Waals surface area contributed by atoms with Crippen molar-refractivity contribution in [1.82, 2.24) is 19.9 Å². The van der Waals surface area contributed by atoms with E-state index in [4.69, 9.17) is 22.3 Å². The highest BCUT2D eigenvalue weighted by Gasteiger charge is 2.10. The number of hydrogen-bond donors (Lipinski definition) is 6. The second-order valence-electron chi connectivity index (χ2n) is 5.83. The third-order valence-electron chi connectivity index (χ3n) is 4.02. The van der Waals surface area contributed by atoms with Gasteiger partial charge in [-0.3, -0.25) is 10.8 Å². The van der Waals surface area contributed by atoms with Crippen LogP contribution in [0.1, 0.15) is 22.8 Å². The summed E-state index contributed by atoms with van der Waals surface area (Å²) < 4.78 is 0. The van der Waals surface area contributed by atoms with E-state index in [9.17, 15) is 0 Å². The van der Waals surface area contributed by atoms with Crippen LogP contribution in [0.25, 0.3) is 22.1 Å². The van der Waals surface area contributed by atoms with Gasteiger partial charge in [-0.2, -0.15) is 0 Å². The Kier molecular flexibility index (Phi) is 4.35. The topological polar surface area (TPSA) is 157 Å². The SMILES string of the molecule is Cl.N=C(N)c1ccc2nc(Cc3nc4ccc(C(=N)N)cc4[nH]3)[nH]c2c1. The van der Waals surface area contributed by atoms with E-state index in [0.717, 1.165) is 33.7 Å². The molecular formula is C17H17ClN8. The average molecular weight is 369 g/mol. The molecule has 0 aliphatic heterocycles. The smallest absolute Gasteiger partial charge is 0.122 e. The molecule has 0 radical (unpaired) electrons. The number of H-pyrrole nitrogens is 2. The number of aromatic amines is 2. The predicted molar refractivity (Wildman–Crippen MR) is 104 cm³/mol. The first-order chi connectivity index (χ1) is 12.0. The van der Waals surface area contributed by atoms with Gasteiger partial charge in [0.15, 0.2) is 0 Å². The molecular weight excluding hydrogens is 352 g/mol. The van der Waals surface area contributed by atoms with Gasteiger partial charge < -0.3 is 21.4 Å². The van der Waals surface area contributed by atoms with E-state index in [1.54, 1.807) is 12.1 Å². The average Bonchev–Trinajstić information content (AvgIpc) is 3.15. The molecule has 0 saturated carbocycles. The van der Waals surface area contributed by atoms with Crippen LogP contribution in [0, 0.1) is 10.8 Å². The maximum Gasteiger partial charge on any atom is 0.122 e. The molecule has 0 aliphatic rings. The molecule has 0 aliphatic carbocycles. The Morgan fingerprint density at radius 3 is 1.62 bits per heavy atom.